The molecule has 2 heterocycles. The Balaban J connectivity index is 1.84. The molecule has 0 saturated carbocycles. The van der Waals surface area contributed by atoms with Crippen LogP contribution in [0, 0.1) is 11.3 Å². The van der Waals surface area contributed by atoms with Crippen molar-refractivity contribution >= 4 is 11.9 Å². The van der Waals surface area contributed by atoms with Crippen LogP contribution in [0.3, 0.4) is 0 Å². The minimum atomic E-state index is -1.19. The SMILES string of the molecule is CC1(c2ccco2)NC(=O)N(Cc2ccc(C#N)cc2)C1=O. The van der Waals surface area contributed by atoms with Gasteiger partial charge in [-0.05, 0) is 36.8 Å². The van der Waals surface area contributed by atoms with E-state index in [4.69, 9.17) is 9.68 Å². The highest BCUT2D eigenvalue weighted by molar-refractivity contribution is 6.06. The first kappa shape index (κ1) is 13.9. The van der Waals surface area contributed by atoms with Gasteiger partial charge in [0.05, 0.1) is 24.4 Å². The van der Waals surface area contributed by atoms with Crippen LogP contribution in [-0.4, -0.2) is 16.8 Å². The molecule has 0 bridgehead atoms. The third kappa shape index (κ3) is 2.13. The van der Waals surface area contributed by atoms with E-state index >= 15 is 0 Å². The molecular weight excluding hydrogens is 282 g/mol. The number of urea groups is 1. The van der Waals surface area contributed by atoms with Gasteiger partial charge in [0.25, 0.3) is 5.91 Å². The molecule has 1 N–H and O–H groups in total. The minimum absolute atomic E-state index is 0.146. The molecule has 1 atom stereocenters. The van der Waals surface area contributed by atoms with Crippen LogP contribution in [0.2, 0.25) is 0 Å². The molecule has 3 amide bonds. The number of benzene rings is 1. The number of nitriles is 1. The van der Waals surface area contributed by atoms with Crippen molar-refractivity contribution in [1.29, 1.82) is 5.26 Å². The van der Waals surface area contributed by atoms with Gasteiger partial charge in [0.2, 0.25) is 0 Å². The zero-order valence-electron chi connectivity index (χ0n) is 11.9. The first-order chi connectivity index (χ1) is 10.5. The van der Waals surface area contributed by atoms with E-state index in [0.29, 0.717) is 11.3 Å². The van der Waals surface area contributed by atoms with Crippen LogP contribution in [0.1, 0.15) is 23.8 Å². The quantitative estimate of drug-likeness (QED) is 0.879. The second kappa shape index (κ2) is 5.04. The summed E-state index contributed by atoms with van der Waals surface area (Å²) in [6, 6.07) is 11.6. The van der Waals surface area contributed by atoms with Gasteiger partial charge < -0.3 is 9.73 Å². The number of rotatable bonds is 3. The van der Waals surface area contributed by atoms with Crippen molar-refractivity contribution in [2.45, 2.75) is 19.0 Å². The van der Waals surface area contributed by atoms with Crippen LogP contribution in [0.4, 0.5) is 4.79 Å². The molecule has 0 spiro atoms. The zero-order chi connectivity index (χ0) is 15.7. The number of amides is 3. The number of imide groups is 1. The van der Waals surface area contributed by atoms with Crippen molar-refractivity contribution in [2.24, 2.45) is 0 Å². The van der Waals surface area contributed by atoms with Crippen molar-refractivity contribution in [2.75, 3.05) is 0 Å². The standard InChI is InChI=1S/C16H13N3O3/c1-16(13-3-2-8-22-13)14(20)19(15(21)18-16)10-12-6-4-11(9-17)5-7-12/h2-8H,10H2,1H3,(H,18,21). The second-order valence-corrected chi connectivity index (χ2v) is 5.23. The highest BCUT2D eigenvalue weighted by atomic mass is 16.3. The fourth-order valence-electron chi connectivity index (χ4n) is 2.44. The second-order valence-electron chi connectivity index (χ2n) is 5.23. The predicted octanol–water partition coefficient (Wildman–Crippen LogP) is 2.12. The summed E-state index contributed by atoms with van der Waals surface area (Å²) in [6.45, 7) is 1.76. The van der Waals surface area contributed by atoms with Gasteiger partial charge in [-0.25, -0.2) is 4.79 Å². The van der Waals surface area contributed by atoms with Crippen LogP contribution in [0.25, 0.3) is 0 Å². The molecule has 110 valence electrons. The summed E-state index contributed by atoms with van der Waals surface area (Å²) in [4.78, 5) is 25.9. The van der Waals surface area contributed by atoms with Gasteiger partial charge in [-0.15, -0.1) is 0 Å². The van der Waals surface area contributed by atoms with Crippen molar-refractivity contribution < 1.29 is 14.0 Å². The summed E-state index contributed by atoms with van der Waals surface area (Å²) in [6.07, 6.45) is 1.46. The first-order valence-corrected chi connectivity index (χ1v) is 6.72. The van der Waals surface area contributed by atoms with Crippen LogP contribution in [-0.2, 0) is 16.9 Å². The van der Waals surface area contributed by atoms with E-state index in [1.54, 1.807) is 43.3 Å². The summed E-state index contributed by atoms with van der Waals surface area (Å²) < 4.78 is 5.27. The van der Waals surface area contributed by atoms with Gasteiger partial charge in [0.1, 0.15) is 5.76 Å². The molecule has 1 fully saturated rings. The Kier molecular flexibility index (Phi) is 3.18. The maximum absolute atomic E-state index is 12.6. The van der Waals surface area contributed by atoms with Gasteiger partial charge in [-0.3, -0.25) is 9.69 Å². The molecule has 2 aromatic rings. The molecule has 1 aliphatic rings. The van der Waals surface area contributed by atoms with Crippen molar-refractivity contribution in [3.05, 3.63) is 59.5 Å². The van der Waals surface area contributed by atoms with E-state index in [1.807, 2.05) is 6.07 Å². The minimum Gasteiger partial charge on any atom is -0.466 e. The largest absolute Gasteiger partial charge is 0.466 e. The lowest BCUT2D eigenvalue weighted by Gasteiger charge is -2.19. The molecule has 0 aliphatic carbocycles. The molecular formula is C16H13N3O3. The van der Waals surface area contributed by atoms with Crippen LogP contribution in [0.5, 0.6) is 0 Å². The Morgan fingerprint density at radius 1 is 1.27 bits per heavy atom. The zero-order valence-corrected chi connectivity index (χ0v) is 11.9. The van der Waals surface area contributed by atoms with Gasteiger partial charge in [-0.2, -0.15) is 5.26 Å². The van der Waals surface area contributed by atoms with Crippen molar-refractivity contribution in [3.63, 3.8) is 0 Å². The molecule has 6 nitrogen and oxygen atoms in total. The topological polar surface area (TPSA) is 86.3 Å². The Labute approximate surface area is 126 Å². The fraction of sp³-hybridized carbons (Fsp3) is 0.188. The number of carbonyl (C=O) groups excluding carboxylic acids is 2. The van der Waals surface area contributed by atoms with E-state index in [2.05, 4.69) is 5.32 Å². The molecule has 1 aromatic heterocycles. The molecule has 22 heavy (non-hydrogen) atoms. The summed E-state index contributed by atoms with van der Waals surface area (Å²) in [5, 5.41) is 11.4. The third-order valence-electron chi connectivity index (χ3n) is 3.71. The summed E-state index contributed by atoms with van der Waals surface area (Å²) in [7, 11) is 0. The maximum Gasteiger partial charge on any atom is 0.325 e. The maximum atomic E-state index is 12.6. The Bertz CT molecular complexity index is 759. The van der Waals surface area contributed by atoms with Crippen molar-refractivity contribution in [3.8, 4) is 6.07 Å². The fourth-order valence-corrected chi connectivity index (χ4v) is 2.44. The van der Waals surface area contributed by atoms with Gasteiger partial charge >= 0.3 is 6.03 Å². The molecule has 1 saturated heterocycles. The molecule has 6 heteroatoms. The van der Waals surface area contributed by atoms with E-state index in [0.717, 1.165) is 10.5 Å². The number of nitrogens with one attached hydrogen (secondary N) is 1. The third-order valence-corrected chi connectivity index (χ3v) is 3.71. The van der Waals surface area contributed by atoms with E-state index in [1.165, 1.54) is 6.26 Å². The average Bonchev–Trinajstić information content (AvgIpc) is 3.13. The molecule has 1 aliphatic heterocycles. The van der Waals surface area contributed by atoms with Gasteiger partial charge in [0, 0.05) is 0 Å². The smallest absolute Gasteiger partial charge is 0.325 e. The lowest BCUT2D eigenvalue weighted by atomic mass is 9.99. The lowest BCUT2D eigenvalue weighted by Crippen LogP contribution is -2.40. The number of hydrogen-bond donors (Lipinski definition) is 1. The monoisotopic (exact) mass is 295 g/mol. The van der Waals surface area contributed by atoms with Gasteiger partial charge in [0.15, 0.2) is 5.54 Å². The summed E-state index contributed by atoms with van der Waals surface area (Å²) in [5.74, 6) is 0.0324. The molecule has 3 rings (SSSR count). The summed E-state index contributed by atoms with van der Waals surface area (Å²) >= 11 is 0. The highest BCUT2D eigenvalue weighted by Gasteiger charge is 2.50. The Morgan fingerprint density at radius 2 is 2.00 bits per heavy atom. The lowest BCUT2D eigenvalue weighted by molar-refractivity contribution is -0.132. The first-order valence-electron chi connectivity index (χ1n) is 6.72. The molecule has 0 radical (unpaired) electrons. The van der Waals surface area contributed by atoms with E-state index in [-0.39, 0.29) is 12.5 Å². The predicted molar refractivity (Wildman–Crippen MR) is 76.3 cm³/mol. The van der Waals surface area contributed by atoms with Crippen LogP contribution >= 0.6 is 0 Å². The normalized spacial score (nSPS) is 20.8. The number of hydrogen-bond acceptors (Lipinski definition) is 4. The Hall–Kier alpha value is -3.07. The number of furan rings is 1. The average molecular weight is 295 g/mol. The van der Waals surface area contributed by atoms with Crippen LogP contribution < -0.4 is 5.32 Å². The van der Waals surface area contributed by atoms with Crippen LogP contribution in [0.15, 0.2) is 47.1 Å². The number of nitrogens with zero attached hydrogens (tertiary/aromatic N) is 2. The highest BCUT2D eigenvalue weighted by Crippen LogP contribution is 2.29. The van der Waals surface area contributed by atoms with E-state index in [9.17, 15) is 9.59 Å². The van der Waals surface area contributed by atoms with E-state index < -0.39 is 11.6 Å². The number of carbonyl (C=O) groups is 2. The molecule has 1 aromatic carbocycles. The summed E-state index contributed by atoms with van der Waals surface area (Å²) in [5.41, 5.74) is 0.111. The Morgan fingerprint density at radius 3 is 2.59 bits per heavy atom. The van der Waals surface area contributed by atoms with Crippen molar-refractivity contribution in [1.82, 2.24) is 10.2 Å². The molecule has 1 unspecified atom stereocenters. The van der Waals surface area contributed by atoms with Gasteiger partial charge in [-0.1, -0.05) is 12.1 Å².